The van der Waals surface area contributed by atoms with Gasteiger partial charge in [0.05, 0.1) is 6.54 Å². The number of anilines is 1. The van der Waals surface area contributed by atoms with Gasteiger partial charge >= 0.3 is 0 Å². The molecule has 0 aliphatic rings. The predicted molar refractivity (Wildman–Crippen MR) is 171 cm³/mol. The molecule has 0 radical (unpaired) electrons. The predicted octanol–water partition coefficient (Wildman–Crippen LogP) is 8.11. The Morgan fingerprint density at radius 2 is 1.68 bits per heavy atom. The highest BCUT2D eigenvalue weighted by atomic mass is 35.5. The summed E-state index contributed by atoms with van der Waals surface area (Å²) >= 11 is 13.8. The Kier molecular flexibility index (Phi) is 12.5. The van der Waals surface area contributed by atoms with Gasteiger partial charge in [-0.25, -0.2) is 0 Å². The van der Waals surface area contributed by atoms with Crippen molar-refractivity contribution in [1.82, 2.24) is 14.4 Å². The first-order chi connectivity index (χ1) is 18.2. The van der Waals surface area contributed by atoms with Gasteiger partial charge in [0, 0.05) is 53.7 Å². The van der Waals surface area contributed by atoms with Gasteiger partial charge in [0.25, 0.3) is 0 Å². The Balaban J connectivity index is 1.74. The smallest absolute Gasteiger partial charge is 0.173 e. The molecule has 1 N–H and O–H groups in total. The second-order valence-corrected chi connectivity index (χ2v) is 12.4. The number of rotatable bonds is 14. The summed E-state index contributed by atoms with van der Waals surface area (Å²) in [6.45, 7) is 15.0. The van der Waals surface area contributed by atoms with Crippen LogP contribution in [-0.2, 0) is 13.1 Å². The molecule has 0 saturated heterocycles. The fraction of sp³-hybridized carbons (Fsp3) is 0.452. The van der Waals surface area contributed by atoms with E-state index >= 15 is 0 Å². The number of benzene rings is 2. The molecule has 0 unspecified atom stereocenters. The molecule has 0 atom stereocenters. The van der Waals surface area contributed by atoms with Gasteiger partial charge in [-0.1, -0.05) is 57.5 Å². The highest BCUT2D eigenvalue weighted by molar-refractivity contribution is 7.98. The molecular formula is C31H43ClN4S2. The number of thiocarbonyl (C=S) groups is 1. The lowest BCUT2D eigenvalue weighted by molar-refractivity contribution is 0.209. The third-order valence-corrected chi connectivity index (χ3v) is 7.64. The molecule has 0 amide bonds. The van der Waals surface area contributed by atoms with Crippen LogP contribution >= 0.6 is 35.6 Å². The minimum Gasteiger partial charge on any atom is -0.345 e. The fourth-order valence-corrected chi connectivity index (χ4v) is 5.52. The Morgan fingerprint density at radius 1 is 0.974 bits per heavy atom. The Morgan fingerprint density at radius 3 is 2.34 bits per heavy atom. The number of nitrogens with one attached hydrogen (secondary N) is 1. The highest BCUT2D eigenvalue weighted by Crippen LogP contribution is 2.20. The maximum atomic E-state index is 6.10. The van der Waals surface area contributed by atoms with Crippen molar-refractivity contribution < 1.29 is 0 Å². The van der Waals surface area contributed by atoms with E-state index in [-0.39, 0.29) is 0 Å². The standard InChI is InChI=1S/C31H43ClN4S2/c1-24(2)20-34(21-25(3)4)16-8-18-36(31(37)33-28-9-6-11-30(19-28)38-5)23-29-10-7-17-35(29)22-26-12-14-27(32)15-13-26/h6-7,9-15,17,19,24-25H,8,16,18,20-23H2,1-5H3,(H,33,37). The number of nitrogens with zero attached hydrogens (tertiary/aromatic N) is 3. The molecule has 3 rings (SSSR count). The molecule has 0 saturated carbocycles. The van der Waals surface area contributed by atoms with Gasteiger partial charge in [0.2, 0.25) is 0 Å². The van der Waals surface area contributed by atoms with Crippen LogP contribution < -0.4 is 5.32 Å². The van der Waals surface area contributed by atoms with Crippen LogP contribution in [0.4, 0.5) is 5.69 Å². The Bertz CT molecular complexity index is 1120. The second-order valence-electron chi connectivity index (χ2n) is 10.7. The largest absolute Gasteiger partial charge is 0.345 e. The third kappa shape index (κ3) is 10.3. The van der Waals surface area contributed by atoms with E-state index in [1.165, 1.54) is 16.2 Å². The Hall–Kier alpha value is -1.99. The Labute approximate surface area is 244 Å². The topological polar surface area (TPSA) is 23.4 Å². The summed E-state index contributed by atoms with van der Waals surface area (Å²) in [5.74, 6) is 1.32. The third-order valence-electron chi connectivity index (χ3n) is 6.30. The molecule has 0 aliphatic heterocycles. The van der Waals surface area contributed by atoms with Crippen molar-refractivity contribution in [1.29, 1.82) is 0 Å². The van der Waals surface area contributed by atoms with Gasteiger partial charge in [0.15, 0.2) is 5.11 Å². The molecule has 2 aromatic carbocycles. The summed E-state index contributed by atoms with van der Waals surface area (Å²) < 4.78 is 2.30. The van der Waals surface area contributed by atoms with Crippen molar-refractivity contribution in [2.45, 2.75) is 52.1 Å². The van der Waals surface area contributed by atoms with Crippen LogP contribution in [0.3, 0.4) is 0 Å². The molecule has 38 heavy (non-hydrogen) atoms. The zero-order chi connectivity index (χ0) is 27.5. The monoisotopic (exact) mass is 570 g/mol. The summed E-state index contributed by atoms with van der Waals surface area (Å²) in [5.41, 5.74) is 3.50. The lowest BCUT2D eigenvalue weighted by atomic mass is 10.1. The minimum absolute atomic E-state index is 0.660. The number of hydrogen-bond acceptors (Lipinski definition) is 3. The lowest BCUT2D eigenvalue weighted by Gasteiger charge is -2.30. The van der Waals surface area contributed by atoms with Crippen LogP contribution in [0.5, 0.6) is 0 Å². The van der Waals surface area contributed by atoms with Crippen molar-refractivity contribution in [2.75, 3.05) is 37.8 Å². The van der Waals surface area contributed by atoms with E-state index < -0.39 is 0 Å². The number of aromatic nitrogens is 1. The summed E-state index contributed by atoms with van der Waals surface area (Å²) in [6, 6.07) is 20.8. The molecule has 0 bridgehead atoms. The molecule has 206 valence electrons. The van der Waals surface area contributed by atoms with E-state index in [2.05, 4.69) is 108 Å². The summed E-state index contributed by atoms with van der Waals surface area (Å²) in [4.78, 5) is 6.14. The molecule has 0 aliphatic carbocycles. The number of hydrogen-bond donors (Lipinski definition) is 1. The van der Waals surface area contributed by atoms with Gasteiger partial charge in [-0.05, 0) is 91.3 Å². The first-order valence-electron chi connectivity index (χ1n) is 13.5. The summed E-state index contributed by atoms with van der Waals surface area (Å²) in [7, 11) is 0. The fourth-order valence-electron chi connectivity index (χ4n) is 4.66. The van der Waals surface area contributed by atoms with Gasteiger partial charge in [-0.2, -0.15) is 0 Å². The molecule has 0 fully saturated rings. The van der Waals surface area contributed by atoms with Crippen LogP contribution in [0.2, 0.25) is 5.02 Å². The van der Waals surface area contributed by atoms with Crippen molar-refractivity contribution in [3.05, 3.63) is 83.1 Å². The molecule has 1 heterocycles. The van der Waals surface area contributed by atoms with Crippen LogP contribution in [0, 0.1) is 11.8 Å². The van der Waals surface area contributed by atoms with Crippen molar-refractivity contribution in [2.24, 2.45) is 11.8 Å². The highest BCUT2D eigenvalue weighted by Gasteiger charge is 2.16. The first-order valence-corrected chi connectivity index (χ1v) is 15.6. The quantitative estimate of drug-likeness (QED) is 0.156. The van der Waals surface area contributed by atoms with Crippen molar-refractivity contribution in [3.63, 3.8) is 0 Å². The zero-order valence-corrected chi connectivity index (χ0v) is 25.9. The SMILES string of the molecule is CSc1cccc(NC(=S)N(CCCN(CC(C)C)CC(C)C)Cc2cccn2Cc2ccc(Cl)cc2)c1. The van der Waals surface area contributed by atoms with Gasteiger partial charge in [-0.3, -0.25) is 0 Å². The molecule has 7 heteroatoms. The van der Waals surface area contributed by atoms with E-state index in [9.17, 15) is 0 Å². The average molecular weight is 571 g/mol. The van der Waals surface area contributed by atoms with Crippen LogP contribution in [0.1, 0.15) is 45.4 Å². The van der Waals surface area contributed by atoms with Gasteiger partial charge < -0.3 is 19.7 Å². The van der Waals surface area contributed by atoms with E-state index in [0.717, 1.165) is 61.5 Å². The lowest BCUT2D eigenvalue weighted by Crippen LogP contribution is -2.38. The van der Waals surface area contributed by atoms with Crippen molar-refractivity contribution >= 4 is 46.4 Å². The molecule has 3 aromatic rings. The van der Waals surface area contributed by atoms with E-state index in [4.69, 9.17) is 23.8 Å². The molecule has 0 spiro atoms. The molecule has 1 aromatic heterocycles. The van der Waals surface area contributed by atoms with E-state index in [0.29, 0.717) is 11.8 Å². The first kappa shape index (κ1) is 30.6. The number of thioether (sulfide) groups is 1. The number of halogens is 1. The maximum absolute atomic E-state index is 6.10. The maximum Gasteiger partial charge on any atom is 0.173 e. The molecular weight excluding hydrogens is 528 g/mol. The van der Waals surface area contributed by atoms with Crippen molar-refractivity contribution in [3.8, 4) is 0 Å². The molecule has 4 nitrogen and oxygen atoms in total. The second kappa shape index (κ2) is 15.6. The normalized spacial score (nSPS) is 11.5. The van der Waals surface area contributed by atoms with E-state index in [1.807, 2.05) is 12.1 Å². The van der Waals surface area contributed by atoms with Crippen LogP contribution in [-0.4, -0.2) is 51.9 Å². The van der Waals surface area contributed by atoms with E-state index in [1.54, 1.807) is 11.8 Å². The average Bonchev–Trinajstić information content (AvgIpc) is 3.30. The minimum atomic E-state index is 0.660. The van der Waals surface area contributed by atoms with Gasteiger partial charge in [-0.15, -0.1) is 11.8 Å². The summed E-state index contributed by atoms with van der Waals surface area (Å²) in [6.07, 6.45) is 5.30. The zero-order valence-electron chi connectivity index (χ0n) is 23.5. The van der Waals surface area contributed by atoms with Gasteiger partial charge in [0.1, 0.15) is 0 Å². The van der Waals surface area contributed by atoms with Crippen LogP contribution in [0.15, 0.2) is 71.8 Å². The van der Waals surface area contributed by atoms with Crippen LogP contribution in [0.25, 0.3) is 0 Å². The summed E-state index contributed by atoms with van der Waals surface area (Å²) in [5, 5.41) is 5.04.